The Morgan fingerprint density at radius 2 is 1.85 bits per heavy atom. The summed E-state index contributed by atoms with van der Waals surface area (Å²) in [6.45, 7) is 0. The smallest absolute Gasteiger partial charge is 0.422 e. The molecule has 20 heavy (non-hydrogen) atoms. The molecule has 1 amide bonds. The quantitative estimate of drug-likeness (QED) is 0.669. The third-order valence-corrected chi connectivity index (χ3v) is 2.56. The highest BCUT2D eigenvalue weighted by molar-refractivity contribution is 5.99. The van der Waals surface area contributed by atoms with Crippen LogP contribution in [0.2, 0.25) is 0 Å². The van der Waals surface area contributed by atoms with Gasteiger partial charge in [0, 0.05) is 18.9 Å². The second-order valence-electron chi connectivity index (χ2n) is 3.95. The number of benzene rings is 1. The minimum atomic E-state index is -0.827. The van der Waals surface area contributed by atoms with Gasteiger partial charge in [-0.3, -0.25) is 4.90 Å². The summed E-state index contributed by atoms with van der Waals surface area (Å²) in [7, 11) is 1.46. The highest BCUT2D eigenvalue weighted by Gasteiger charge is 2.18. The lowest BCUT2D eigenvalue weighted by Gasteiger charge is -2.15. The average Bonchev–Trinajstić information content (AvgIpc) is 2.48. The molecule has 1 aromatic heterocycles. The zero-order valence-electron chi connectivity index (χ0n) is 10.7. The molecule has 0 aliphatic heterocycles. The Labute approximate surface area is 115 Å². The van der Waals surface area contributed by atoms with E-state index >= 15 is 0 Å². The minimum Gasteiger partial charge on any atom is -0.508 e. The molecule has 0 fully saturated rings. The van der Waals surface area contributed by atoms with Crippen LogP contribution < -0.4 is 4.90 Å². The number of hydrogen-bond donors (Lipinski definition) is 1. The fourth-order valence-corrected chi connectivity index (χ4v) is 1.47. The monoisotopic (exact) mass is 272 g/mol. The molecule has 0 atom stereocenters. The molecular formula is C14H12N2O4. The molecular weight excluding hydrogens is 260 g/mol. The highest BCUT2D eigenvalue weighted by atomic mass is 16.6. The van der Waals surface area contributed by atoms with Crippen molar-refractivity contribution in [2.24, 2.45) is 0 Å². The number of carbonyl (C=O) groups excluding carboxylic acids is 2. The Bertz CT molecular complexity index is 611. The lowest BCUT2D eigenvalue weighted by Crippen LogP contribution is -2.29. The number of esters is 1. The van der Waals surface area contributed by atoms with Gasteiger partial charge in [-0.15, -0.1) is 0 Å². The van der Waals surface area contributed by atoms with Crippen molar-refractivity contribution in [3.8, 4) is 5.75 Å². The molecule has 2 rings (SSSR count). The molecule has 0 saturated carbocycles. The van der Waals surface area contributed by atoms with Crippen molar-refractivity contribution in [3.63, 3.8) is 0 Å². The van der Waals surface area contributed by atoms with Gasteiger partial charge in [0.1, 0.15) is 11.4 Å². The van der Waals surface area contributed by atoms with Gasteiger partial charge in [0.2, 0.25) is 0 Å². The number of nitrogens with zero attached hydrogens (tertiary/aromatic N) is 2. The van der Waals surface area contributed by atoms with E-state index in [0.29, 0.717) is 5.69 Å². The topological polar surface area (TPSA) is 79.7 Å². The van der Waals surface area contributed by atoms with Crippen LogP contribution in [0, 0.1) is 0 Å². The predicted octanol–water partition coefficient (Wildman–Crippen LogP) is 2.20. The molecule has 2 aromatic rings. The van der Waals surface area contributed by atoms with Crippen LogP contribution in [0.5, 0.6) is 5.75 Å². The molecule has 6 nitrogen and oxygen atoms in total. The van der Waals surface area contributed by atoms with Gasteiger partial charge in [-0.2, -0.15) is 0 Å². The molecule has 0 aliphatic carbocycles. The summed E-state index contributed by atoms with van der Waals surface area (Å²) in [5.41, 5.74) is 0.543. The summed E-state index contributed by atoms with van der Waals surface area (Å²) < 4.78 is 4.71. The SMILES string of the molecule is CN(C(=O)OC(=O)c1ccccn1)c1ccc(O)cc1. The van der Waals surface area contributed by atoms with Crippen LogP contribution in [0.3, 0.4) is 0 Å². The number of carbonyl (C=O) groups is 2. The number of pyridine rings is 1. The highest BCUT2D eigenvalue weighted by Crippen LogP contribution is 2.18. The summed E-state index contributed by atoms with van der Waals surface area (Å²) in [6.07, 6.45) is 0.608. The summed E-state index contributed by atoms with van der Waals surface area (Å²) in [5, 5.41) is 9.17. The van der Waals surface area contributed by atoms with Gasteiger partial charge in [0.05, 0.1) is 0 Å². The normalized spacial score (nSPS) is 9.85. The first-order valence-corrected chi connectivity index (χ1v) is 5.78. The van der Waals surface area contributed by atoms with E-state index in [9.17, 15) is 14.7 Å². The van der Waals surface area contributed by atoms with Crippen molar-refractivity contribution in [1.82, 2.24) is 4.98 Å². The molecule has 1 heterocycles. The summed E-state index contributed by atoms with van der Waals surface area (Å²) in [6, 6.07) is 10.7. The number of aromatic nitrogens is 1. The van der Waals surface area contributed by atoms with Crippen molar-refractivity contribution in [1.29, 1.82) is 0 Å². The standard InChI is InChI=1S/C14H12N2O4/c1-16(10-5-7-11(17)8-6-10)14(19)20-13(18)12-4-2-3-9-15-12/h2-9,17H,1H3. The molecule has 0 bridgehead atoms. The summed E-state index contributed by atoms with van der Waals surface area (Å²) >= 11 is 0. The zero-order chi connectivity index (χ0) is 14.5. The predicted molar refractivity (Wildman–Crippen MR) is 71.6 cm³/mol. The van der Waals surface area contributed by atoms with Gasteiger partial charge < -0.3 is 9.84 Å². The van der Waals surface area contributed by atoms with Gasteiger partial charge in [0.15, 0.2) is 0 Å². The molecule has 102 valence electrons. The van der Waals surface area contributed by atoms with Crippen LogP contribution in [-0.4, -0.2) is 29.2 Å². The van der Waals surface area contributed by atoms with E-state index in [4.69, 9.17) is 4.74 Å². The van der Waals surface area contributed by atoms with E-state index < -0.39 is 12.1 Å². The van der Waals surface area contributed by atoms with Crippen molar-refractivity contribution in [2.45, 2.75) is 0 Å². The molecule has 0 aliphatic rings. The Morgan fingerprint density at radius 3 is 2.45 bits per heavy atom. The van der Waals surface area contributed by atoms with Crippen LogP contribution >= 0.6 is 0 Å². The first-order valence-electron chi connectivity index (χ1n) is 5.78. The van der Waals surface area contributed by atoms with Crippen molar-refractivity contribution < 1.29 is 19.4 Å². The maximum atomic E-state index is 11.8. The maximum Gasteiger partial charge on any atom is 0.422 e. The van der Waals surface area contributed by atoms with E-state index in [-0.39, 0.29) is 11.4 Å². The molecule has 0 saturated heterocycles. The Morgan fingerprint density at radius 1 is 1.15 bits per heavy atom. The second-order valence-corrected chi connectivity index (χ2v) is 3.95. The minimum absolute atomic E-state index is 0.0555. The number of anilines is 1. The van der Waals surface area contributed by atoms with Crippen molar-refractivity contribution in [2.75, 3.05) is 11.9 Å². The third-order valence-electron chi connectivity index (χ3n) is 2.56. The van der Waals surface area contributed by atoms with Crippen LogP contribution in [-0.2, 0) is 4.74 Å². The average molecular weight is 272 g/mol. The fraction of sp³-hybridized carbons (Fsp3) is 0.0714. The van der Waals surface area contributed by atoms with E-state index in [1.165, 1.54) is 43.6 Å². The molecule has 6 heteroatoms. The maximum absolute atomic E-state index is 11.8. The summed E-state index contributed by atoms with van der Waals surface area (Å²) in [5.74, 6) is -0.735. The first kappa shape index (κ1) is 13.5. The second kappa shape index (κ2) is 5.83. The fourth-order valence-electron chi connectivity index (χ4n) is 1.47. The number of ether oxygens (including phenoxy) is 1. The number of phenolic OH excluding ortho intramolecular Hbond substituents is 1. The van der Waals surface area contributed by atoms with E-state index in [1.54, 1.807) is 12.1 Å². The summed E-state index contributed by atoms with van der Waals surface area (Å²) in [4.78, 5) is 28.4. The van der Waals surface area contributed by atoms with Crippen LogP contribution in [0.4, 0.5) is 10.5 Å². The number of hydrogen-bond acceptors (Lipinski definition) is 5. The van der Waals surface area contributed by atoms with Gasteiger partial charge in [-0.25, -0.2) is 14.6 Å². The Kier molecular flexibility index (Phi) is 3.95. The molecule has 0 radical (unpaired) electrons. The zero-order valence-corrected chi connectivity index (χ0v) is 10.7. The molecule has 1 N–H and O–H groups in total. The number of phenols is 1. The molecule has 1 aromatic carbocycles. The molecule has 0 unspecified atom stereocenters. The van der Waals surface area contributed by atoms with E-state index in [0.717, 1.165) is 4.90 Å². The number of rotatable bonds is 2. The Hall–Kier alpha value is -2.89. The van der Waals surface area contributed by atoms with Crippen molar-refractivity contribution >= 4 is 17.7 Å². The van der Waals surface area contributed by atoms with Crippen LogP contribution in [0.15, 0.2) is 48.7 Å². The number of aromatic hydroxyl groups is 1. The largest absolute Gasteiger partial charge is 0.508 e. The van der Waals surface area contributed by atoms with E-state index in [1.807, 2.05) is 0 Å². The lowest BCUT2D eigenvalue weighted by atomic mass is 10.3. The van der Waals surface area contributed by atoms with Gasteiger partial charge in [0.25, 0.3) is 0 Å². The van der Waals surface area contributed by atoms with Crippen LogP contribution in [0.1, 0.15) is 10.5 Å². The number of amides is 1. The van der Waals surface area contributed by atoms with Gasteiger partial charge in [-0.1, -0.05) is 6.07 Å². The lowest BCUT2D eigenvalue weighted by molar-refractivity contribution is 0.0629. The van der Waals surface area contributed by atoms with Crippen LogP contribution in [0.25, 0.3) is 0 Å². The van der Waals surface area contributed by atoms with Gasteiger partial charge in [-0.05, 0) is 36.4 Å². The van der Waals surface area contributed by atoms with Crippen molar-refractivity contribution in [3.05, 3.63) is 54.4 Å². The first-order chi connectivity index (χ1) is 9.58. The molecule has 0 spiro atoms. The van der Waals surface area contributed by atoms with E-state index in [2.05, 4.69) is 4.98 Å². The Balaban J connectivity index is 2.05. The third kappa shape index (κ3) is 3.11. The van der Waals surface area contributed by atoms with Gasteiger partial charge >= 0.3 is 12.1 Å².